The second kappa shape index (κ2) is 6.24. The van der Waals surface area contributed by atoms with Crippen LogP contribution in [0.25, 0.3) is 11.1 Å². The molecule has 0 saturated carbocycles. The first kappa shape index (κ1) is 17.6. The van der Waals surface area contributed by atoms with Gasteiger partial charge in [-0.15, -0.1) is 0 Å². The van der Waals surface area contributed by atoms with Gasteiger partial charge in [-0.2, -0.15) is 0 Å². The van der Waals surface area contributed by atoms with E-state index in [0.717, 1.165) is 22.3 Å². The van der Waals surface area contributed by atoms with Crippen LogP contribution in [0.15, 0.2) is 41.3 Å². The van der Waals surface area contributed by atoms with Crippen molar-refractivity contribution in [2.75, 3.05) is 13.3 Å². The van der Waals surface area contributed by atoms with E-state index >= 15 is 0 Å². The Morgan fingerprint density at radius 3 is 2.64 bits per heavy atom. The summed E-state index contributed by atoms with van der Waals surface area (Å²) in [4.78, 5) is 12.4. The number of rotatable bonds is 3. The van der Waals surface area contributed by atoms with Crippen molar-refractivity contribution in [2.24, 2.45) is 0 Å². The zero-order valence-electron chi connectivity index (χ0n) is 13.6. The molecular formula is C17H16ClNO5S. The molecule has 0 spiro atoms. The second-order valence-electron chi connectivity index (χ2n) is 5.92. The van der Waals surface area contributed by atoms with Gasteiger partial charge in [-0.3, -0.25) is 4.90 Å². The molecule has 1 aliphatic heterocycles. The molecule has 1 unspecified atom stereocenters. The summed E-state index contributed by atoms with van der Waals surface area (Å²) in [5, 5.41) is 9.45. The zero-order valence-corrected chi connectivity index (χ0v) is 15.1. The van der Waals surface area contributed by atoms with E-state index in [1.165, 1.54) is 13.1 Å². The lowest BCUT2D eigenvalue weighted by molar-refractivity contribution is 0.0608. The van der Waals surface area contributed by atoms with Crippen LogP contribution in [0.1, 0.15) is 5.56 Å². The average molecular weight is 382 g/mol. The van der Waals surface area contributed by atoms with E-state index in [1.54, 1.807) is 24.3 Å². The number of carbonyl (C=O) groups is 1. The number of amides is 1. The van der Waals surface area contributed by atoms with Crippen LogP contribution in [0.4, 0.5) is 4.79 Å². The minimum atomic E-state index is -3.31. The Balaban J connectivity index is 1.99. The first-order chi connectivity index (χ1) is 11.7. The molecule has 132 valence electrons. The highest BCUT2D eigenvalue weighted by Gasteiger charge is 2.31. The third-order valence-corrected chi connectivity index (χ3v) is 5.49. The molecule has 6 nitrogen and oxygen atoms in total. The molecule has 0 saturated heterocycles. The number of benzene rings is 2. The van der Waals surface area contributed by atoms with E-state index in [9.17, 15) is 13.2 Å². The lowest BCUT2D eigenvalue weighted by Crippen LogP contribution is -2.38. The smallest absolute Gasteiger partial charge is 0.409 e. The Kier molecular flexibility index (Phi) is 4.38. The van der Waals surface area contributed by atoms with Crippen molar-refractivity contribution >= 4 is 27.5 Å². The topological polar surface area (TPSA) is 83.9 Å². The van der Waals surface area contributed by atoms with Gasteiger partial charge in [0.2, 0.25) is 0 Å². The van der Waals surface area contributed by atoms with Crippen LogP contribution >= 0.6 is 11.6 Å². The van der Waals surface area contributed by atoms with E-state index in [1.807, 2.05) is 6.07 Å². The van der Waals surface area contributed by atoms with E-state index in [0.29, 0.717) is 22.8 Å². The van der Waals surface area contributed by atoms with Gasteiger partial charge in [0.15, 0.2) is 16.1 Å². The van der Waals surface area contributed by atoms with Crippen molar-refractivity contribution in [1.29, 1.82) is 0 Å². The Hall–Kier alpha value is -2.25. The van der Waals surface area contributed by atoms with E-state index < -0.39 is 22.2 Å². The van der Waals surface area contributed by atoms with Gasteiger partial charge in [0, 0.05) is 25.3 Å². The van der Waals surface area contributed by atoms with Crippen molar-refractivity contribution in [3.63, 3.8) is 0 Å². The predicted octanol–water partition coefficient (Wildman–Crippen LogP) is 3.28. The van der Waals surface area contributed by atoms with Crippen LogP contribution < -0.4 is 4.74 Å². The van der Waals surface area contributed by atoms with Crippen molar-refractivity contribution in [2.45, 2.75) is 17.5 Å². The van der Waals surface area contributed by atoms with Crippen LogP contribution in [0.5, 0.6) is 5.75 Å². The minimum Gasteiger partial charge on any atom is -0.468 e. The molecule has 25 heavy (non-hydrogen) atoms. The number of ether oxygens (including phenoxy) is 1. The van der Waals surface area contributed by atoms with Crippen molar-refractivity contribution < 1.29 is 23.1 Å². The normalized spacial score (nSPS) is 16.2. The summed E-state index contributed by atoms with van der Waals surface area (Å²) in [6.07, 6.45) is -0.197. The highest BCUT2D eigenvalue weighted by atomic mass is 35.5. The van der Waals surface area contributed by atoms with Crippen LogP contribution in [0, 0.1) is 0 Å². The van der Waals surface area contributed by atoms with Crippen LogP contribution in [-0.4, -0.2) is 44.0 Å². The number of hydrogen-bond donors (Lipinski definition) is 1. The van der Waals surface area contributed by atoms with E-state index in [-0.39, 0.29) is 4.90 Å². The molecule has 0 aromatic heterocycles. The maximum absolute atomic E-state index is 11.7. The molecule has 8 heteroatoms. The lowest BCUT2D eigenvalue weighted by atomic mass is 10.0. The standard InChI is InChI=1S/C17H16ClNO5S/c1-19(17(20)21)15-9-12-6-11(8-14(18)16(12)24-15)10-4-3-5-13(7-10)25(2,22)23/h3-8,15H,9H2,1-2H3,(H,20,21). The summed E-state index contributed by atoms with van der Waals surface area (Å²) in [5.41, 5.74) is 2.24. The number of likely N-dealkylation sites (N-methyl/N-ethyl adjacent to an activating group) is 1. The second-order valence-corrected chi connectivity index (χ2v) is 8.34. The summed E-state index contributed by atoms with van der Waals surface area (Å²) in [7, 11) is -1.88. The van der Waals surface area contributed by atoms with Gasteiger partial charge in [-0.05, 0) is 35.4 Å². The Morgan fingerprint density at radius 2 is 2.00 bits per heavy atom. The predicted molar refractivity (Wildman–Crippen MR) is 93.9 cm³/mol. The van der Waals surface area contributed by atoms with Gasteiger partial charge in [-0.1, -0.05) is 23.7 Å². The summed E-state index contributed by atoms with van der Waals surface area (Å²) in [6, 6.07) is 10.1. The first-order valence-electron chi connectivity index (χ1n) is 7.42. The van der Waals surface area contributed by atoms with Gasteiger partial charge in [0.1, 0.15) is 5.75 Å². The SMILES string of the molecule is CN(C(=O)O)C1Cc2cc(-c3cccc(S(C)(=O)=O)c3)cc(Cl)c2O1. The van der Waals surface area contributed by atoms with Gasteiger partial charge in [0.05, 0.1) is 9.92 Å². The van der Waals surface area contributed by atoms with Gasteiger partial charge in [0.25, 0.3) is 0 Å². The molecular weight excluding hydrogens is 366 g/mol. The number of nitrogens with zero attached hydrogens (tertiary/aromatic N) is 1. The molecule has 0 radical (unpaired) electrons. The highest BCUT2D eigenvalue weighted by Crippen LogP contribution is 2.40. The maximum Gasteiger partial charge on any atom is 0.409 e. The molecule has 0 fully saturated rings. The summed E-state index contributed by atoms with van der Waals surface area (Å²) >= 11 is 6.29. The third kappa shape index (κ3) is 3.43. The largest absolute Gasteiger partial charge is 0.468 e. The molecule has 1 aliphatic rings. The molecule has 2 aromatic rings. The molecule has 0 aliphatic carbocycles. The monoisotopic (exact) mass is 381 g/mol. The van der Waals surface area contributed by atoms with Crippen molar-refractivity contribution in [3.05, 3.63) is 47.0 Å². The Morgan fingerprint density at radius 1 is 1.28 bits per heavy atom. The number of sulfone groups is 1. The fourth-order valence-corrected chi connectivity index (χ4v) is 3.66. The molecule has 1 heterocycles. The van der Waals surface area contributed by atoms with Gasteiger partial charge >= 0.3 is 6.09 Å². The summed E-state index contributed by atoms with van der Waals surface area (Å²) in [5.74, 6) is 0.461. The molecule has 0 bridgehead atoms. The Labute approximate surface area is 150 Å². The zero-order chi connectivity index (χ0) is 18.4. The van der Waals surface area contributed by atoms with Crippen molar-refractivity contribution in [3.8, 4) is 16.9 Å². The fourth-order valence-electron chi connectivity index (χ4n) is 2.71. The number of fused-ring (bicyclic) bond motifs is 1. The molecule has 1 atom stereocenters. The molecule has 1 amide bonds. The maximum atomic E-state index is 11.7. The fraction of sp³-hybridized carbons (Fsp3) is 0.235. The lowest BCUT2D eigenvalue weighted by Gasteiger charge is -2.20. The van der Waals surface area contributed by atoms with Gasteiger partial charge in [-0.25, -0.2) is 13.2 Å². The van der Waals surface area contributed by atoms with E-state index in [2.05, 4.69) is 0 Å². The van der Waals surface area contributed by atoms with Crippen LogP contribution in [0.2, 0.25) is 5.02 Å². The van der Waals surface area contributed by atoms with Crippen molar-refractivity contribution in [1.82, 2.24) is 4.90 Å². The number of carboxylic acid groups (broad SMARTS) is 1. The first-order valence-corrected chi connectivity index (χ1v) is 9.69. The van der Waals surface area contributed by atoms with E-state index in [4.69, 9.17) is 21.4 Å². The Bertz CT molecular complexity index is 958. The summed E-state index contributed by atoms with van der Waals surface area (Å²) in [6.45, 7) is 0. The quantitative estimate of drug-likeness (QED) is 0.881. The summed E-state index contributed by atoms with van der Waals surface area (Å²) < 4.78 is 29.1. The number of halogens is 1. The molecule has 3 rings (SSSR count). The molecule has 2 aromatic carbocycles. The molecule has 1 N–H and O–H groups in total. The third-order valence-electron chi connectivity index (χ3n) is 4.10. The van der Waals surface area contributed by atoms with Crippen LogP contribution in [0.3, 0.4) is 0 Å². The number of hydrogen-bond acceptors (Lipinski definition) is 4. The van der Waals surface area contributed by atoms with Crippen LogP contribution in [-0.2, 0) is 16.3 Å². The average Bonchev–Trinajstić information content (AvgIpc) is 2.98. The van der Waals surface area contributed by atoms with Gasteiger partial charge < -0.3 is 9.84 Å². The highest BCUT2D eigenvalue weighted by molar-refractivity contribution is 7.90. The minimum absolute atomic E-state index is 0.223.